The predicted octanol–water partition coefficient (Wildman–Crippen LogP) is 1.29. The van der Waals surface area contributed by atoms with Gasteiger partial charge in [0, 0.05) is 18.5 Å². The molecule has 7 rings (SSSR count). The molecule has 3 fully saturated rings. The molecule has 0 amide bonds. The SMILES string of the molecule is Nc1nc2c(ncn2[C@@H]2SC3C[C@H]2OP(O)OC[C@H]2O[C@@H](n4ccc5c(N)ncnc54)[C@@H](F)[C@@H]2CCC(O)O3)c(=O)[nH]1. The van der Waals surface area contributed by atoms with E-state index in [2.05, 4.69) is 24.9 Å². The third-order valence-electron chi connectivity index (χ3n) is 7.68. The second-order valence-electron chi connectivity index (χ2n) is 10.2. The second-order valence-corrected chi connectivity index (χ2v) is 12.4. The molecule has 3 aliphatic rings. The zero-order chi connectivity index (χ0) is 29.1. The fraction of sp³-hybridized carbons (Fsp3) is 0.522. The molecule has 42 heavy (non-hydrogen) atoms. The number of aromatic amines is 1. The topological polar surface area (TPSA) is 224 Å². The summed E-state index contributed by atoms with van der Waals surface area (Å²) < 4.78 is 42.8. The highest BCUT2D eigenvalue weighted by Gasteiger charge is 2.48. The molecular weight excluding hydrogens is 596 g/mol. The second kappa shape index (κ2) is 10.9. The highest BCUT2D eigenvalue weighted by Crippen LogP contribution is 2.51. The Labute approximate surface area is 241 Å². The van der Waals surface area contributed by atoms with E-state index in [0.717, 1.165) is 0 Å². The largest absolute Gasteiger partial charge is 0.383 e. The lowest BCUT2D eigenvalue weighted by Crippen LogP contribution is -2.28. The summed E-state index contributed by atoms with van der Waals surface area (Å²) in [7, 11) is -2.44. The first kappa shape index (κ1) is 27.8. The molecule has 19 heteroatoms. The summed E-state index contributed by atoms with van der Waals surface area (Å²) in [5.41, 5.74) is 11.4. The summed E-state index contributed by atoms with van der Waals surface area (Å²) in [4.78, 5) is 42.1. The number of alkyl halides is 1. The first-order chi connectivity index (χ1) is 20.3. The molecule has 3 aliphatic heterocycles. The van der Waals surface area contributed by atoms with Crippen molar-refractivity contribution in [3.63, 3.8) is 0 Å². The molecule has 0 radical (unpaired) electrons. The summed E-state index contributed by atoms with van der Waals surface area (Å²) >= 11 is 1.30. The molecule has 4 aromatic heterocycles. The number of aliphatic hydroxyl groups is 1. The fourth-order valence-electron chi connectivity index (χ4n) is 5.72. The number of thioether (sulfide) groups is 1. The van der Waals surface area contributed by atoms with E-state index >= 15 is 4.39 Å². The van der Waals surface area contributed by atoms with E-state index in [1.54, 1.807) is 21.4 Å². The molecular formula is C23H27FN9O7PS. The number of rotatable bonds is 2. The third kappa shape index (κ3) is 4.90. The Hall–Kier alpha value is -2.96. The van der Waals surface area contributed by atoms with E-state index in [-0.39, 0.29) is 48.8 Å². The van der Waals surface area contributed by atoms with Crippen molar-refractivity contribution >= 4 is 54.3 Å². The minimum absolute atomic E-state index is 0.0766. The van der Waals surface area contributed by atoms with E-state index in [9.17, 15) is 14.8 Å². The molecule has 224 valence electrons. The van der Waals surface area contributed by atoms with Crippen molar-refractivity contribution in [1.82, 2.24) is 34.1 Å². The Morgan fingerprint density at radius 1 is 1.14 bits per heavy atom. The van der Waals surface area contributed by atoms with Crippen LogP contribution in [0.5, 0.6) is 0 Å². The van der Waals surface area contributed by atoms with Crippen molar-refractivity contribution in [2.45, 2.75) is 61.0 Å². The number of imidazole rings is 1. The molecule has 0 saturated carbocycles. The average Bonchev–Trinajstić information content (AvgIpc) is 3.71. The lowest BCUT2D eigenvalue weighted by Gasteiger charge is -2.24. The molecule has 0 aromatic carbocycles. The smallest absolute Gasteiger partial charge is 0.330 e. The van der Waals surface area contributed by atoms with Crippen molar-refractivity contribution in [1.29, 1.82) is 0 Å². The molecule has 0 aliphatic carbocycles. The summed E-state index contributed by atoms with van der Waals surface area (Å²) in [6, 6.07) is 1.69. The predicted molar refractivity (Wildman–Crippen MR) is 148 cm³/mol. The van der Waals surface area contributed by atoms with Gasteiger partial charge in [-0.15, -0.1) is 11.8 Å². The Kier molecular flexibility index (Phi) is 7.26. The van der Waals surface area contributed by atoms with E-state index in [0.29, 0.717) is 11.0 Å². The van der Waals surface area contributed by atoms with Crippen molar-refractivity contribution in [2.24, 2.45) is 5.92 Å². The molecule has 7 heterocycles. The molecule has 4 aromatic rings. The van der Waals surface area contributed by atoms with Crippen LogP contribution >= 0.6 is 20.4 Å². The molecule has 2 bridgehead atoms. The van der Waals surface area contributed by atoms with Gasteiger partial charge in [0.05, 0.1) is 24.4 Å². The summed E-state index contributed by atoms with van der Waals surface area (Å²) in [5.74, 6) is -0.493. The van der Waals surface area contributed by atoms with E-state index < -0.39 is 61.8 Å². The Bertz CT molecular complexity index is 1670. The van der Waals surface area contributed by atoms with Crippen LogP contribution in [0.1, 0.15) is 30.9 Å². The Balaban J connectivity index is 1.13. The van der Waals surface area contributed by atoms with Gasteiger partial charge in [0.25, 0.3) is 5.56 Å². The van der Waals surface area contributed by atoms with Gasteiger partial charge < -0.3 is 44.6 Å². The molecule has 7 N–H and O–H groups in total. The monoisotopic (exact) mass is 623 g/mol. The van der Waals surface area contributed by atoms with Crippen LogP contribution in [0.15, 0.2) is 29.7 Å². The number of anilines is 2. The maximum Gasteiger partial charge on any atom is 0.330 e. The van der Waals surface area contributed by atoms with Gasteiger partial charge in [-0.2, -0.15) is 4.98 Å². The minimum Gasteiger partial charge on any atom is -0.383 e. The van der Waals surface area contributed by atoms with Crippen molar-refractivity contribution in [3.05, 3.63) is 35.3 Å². The van der Waals surface area contributed by atoms with Gasteiger partial charge in [0.2, 0.25) is 5.95 Å². The van der Waals surface area contributed by atoms with E-state index in [1.165, 1.54) is 24.4 Å². The van der Waals surface area contributed by atoms with Crippen molar-refractivity contribution < 1.29 is 32.9 Å². The number of aromatic nitrogens is 7. The molecule has 3 unspecified atom stereocenters. The number of ether oxygens (including phenoxy) is 2. The average molecular weight is 624 g/mol. The van der Waals surface area contributed by atoms with Gasteiger partial charge >= 0.3 is 8.60 Å². The number of H-pyrrole nitrogens is 1. The van der Waals surface area contributed by atoms with E-state index in [4.69, 9.17) is 30.0 Å². The number of nitrogens with two attached hydrogens (primary N) is 2. The van der Waals surface area contributed by atoms with Gasteiger partial charge in [-0.25, -0.2) is 19.3 Å². The Morgan fingerprint density at radius 2 is 2.00 bits per heavy atom. The van der Waals surface area contributed by atoms with E-state index in [1.807, 2.05) is 0 Å². The fourth-order valence-corrected chi connectivity index (χ4v) is 8.00. The lowest BCUT2D eigenvalue weighted by atomic mass is 9.93. The first-order valence-electron chi connectivity index (χ1n) is 13.1. The quantitative estimate of drug-likeness (QED) is 0.199. The van der Waals surface area contributed by atoms with Crippen LogP contribution in [-0.2, 0) is 18.5 Å². The van der Waals surface area contributed by atoms with Gasteiger partial charge in [-0.05, 0) is 18.9 Å². The maximum atomic E-state index is 16.0. The number of hydrogen-bond acceptors (Lipinski definition) is 14. The standard InChI is InChI=1S/C23H27FN9O7PS/c24-15-9-1-2-13(34)39-14-5-11(22(42-14)33-8-29-16-19(33)30-23(26)31-20(16)35)40-41(36)37-6-12(9)38-21(15)32-4-3-10-17(25)27-7-28-18(10)32/h3-4,7-9,11-15,21-22,34,36H,1-2,5-6H2,(H2,25,27,28)(H3,26,30,31,35)/t9-,11-,12-,13?,14?,15+,21-,22-,41?/m1/s1. The van der Waals surface area contributed by atoms with Crippen molar-refractivity contribution in [3.8, 4) is 0 Å². The molecule has 0 spiro atoms. The lowest BCUT2D eigenvalue weighted by molar-refractivity contribution is -0.120. The highest BCUT2D eigenvalue weighted by molar-refractivity contribution is 8.00. The molecule has 3 saturated heterocycles. The van der Waals surface area contributed by atoms with Crippen LogP contribution in [0.2, 0.25) is 0 Å². The van der Waals surface area contributed by atoms with Crippen LogP contribution in [0.3, 0.4) is 0 Å². The van der Waals surface area contributed by atoms with Crippen LogP contribution < -0.4 is 17.0 Å². The first-order valence-corrected chi connectivity index (χ1v) is 15.2. The minimum atomic E-state index is -2.44. The Morgan fingerprint density at radius 3 is 2.86 bits per heavy atom. The van der Waals surface area contributed by atoms with Crippen LogP contribution in [0.25, 0.3) is 22.2 Å². The normalized spacial score (nSPS) is 34.2. The number of halogens is 1. The summed E-state index contributed by atoms with van der Waals surface area (Å²) in [6.07, 6.45) is -0.192. The third-order valence-corrected chi connectivity index (χ3v) is 9.91. The van der Waals surface area contributed by atoms with Gasteiger partial charge in [-0.3, -0.25) is 14.3 Å². The van der Waals surface area contributed by atoms with Gasteiger partial charge in [0.1, 0.15) is 34.7 Å². The molecule has 16 nitrogen and oxygen atoms in total. The number of aliphatic hydroxyl groups excluding tert-OH is 1. The number of hydrogen-bond donors (Lipinski definition) is 5. The number of nitrogens with one attached hydrogen (secondary N) is 1. The highest BCUT2D eigenvalue weighted by atomic mass is 32.2. The van der Waals surface area contributed by atoms with Crippen LogP contribution in [0, 0.1) is 5.92 Å². The maximum absolute atomic E-state index is 16.0. The van der Waals surface area contributed by atoms with Crippen LogP contribution in [-0.4, -0.2) is 80.8 Å². The number of nitrogen functional groups attached to an aromatic ring is 2. The number of nitrogens with zero attached hydrogens (tertiary/aromatic N) is 6. The van der Waals surface area contributed by atoms with Crippen molar-refractivity contribution in [2.75, 3.05) is 18.1 Å². The van der Waals surface area contributed by atoms with Gasteiger partial charge in [-0.1, -0.05) is 0 Å². The summed E-state index contributed by atoms with van der Waals surface area (Å²) in [5, 5.41) is 10.8. The number of fused-ring (bicyclic) bond motifs is 5. The molecule has 9 atom stereocenters. The van der Waals surface area contributed by atoms with Crippen LogP contribution in [0.4, 0.5) is 16.2 Å². The zero-order valence-corrected chi connectivity index (χ0v) is 23.5. The summed E-state index contributed by atoms with van der Waals surface area (Å²) in [6.45, 7) is -0.160. The zero-order valence-electron chi connectivity index (χ0n) is 21.8. The van der Waals surface area contributed by atoms with Gasteiger partial charge in [0.15, 0.2) is 29.9 Å².